The number of rotatable bonds is 9. The number of nitrogens with one attached hydrogen (secondary N) is 2. The molecule has 8 heteroatoms. The maximum atomic E-state index is 13.6. The molecule has 1 aromatic carbocycles. The summed E-state index contributed by atoms with van der Waals surface area (Å²) in [5.41, 5.74) is -0.0311. The second-order valence-corrected chi connectivity index (χ2v) is 11.7. The number of aromatic hydroxyl groups is 1. The molecule has 0 aliphatic rings. The molecule has 0 fully saturated rings. The summed E-state index contributed by atoms with van der Waals surface area (Å²) in [6.45, 7) is 18.4. The number of hydrogen-bond acceptors (Lipinski definition) is 5. The van der Waals surface area contributed by atoms with Crippen LogP contribution in [-0.2, 0) is 14.3 Å². The summed E-state index contributed by atoms with van der Waals surface area (Å²) in [6.07, 6.45) is 0.857. The van der Waals surface area contributed by atoms with E-state index in [1.807, 2.05) is 27.7 Å². The van der Waals surface area contributed by atoms with Gasteiger partial charge in [0, 0.05) is 11.6 Å². The average molecular weight is 492 g/mol. The normalized spacial score (nSPS) is 13.7. The maximum absolute atomic E-state index is 13.6. The number of aryl methyl sites for hydroxylation is 1. The van der Waals surface area contributed by atoms with E-state index in [2.05, 4.69) is 24.5 Å². The van der Waals surface area contributed by atoms with E-state index in [1.54, 1.807) is 44.7 Å². The highest BCUT2D eigenvalue weighted by Crippen LogP contribution is 2.30. The summed E-state index contributed by atoms with van der Waals surface area (Å²) < 4.78 is 5.27. The van der Waals surface area contributed by atoms with Crippen LogP contribution >= 0.6 is 0 Å². The molecule has 0 aliphatic heterocycles. The van der Waals surface area contributed by atoms with Crippen molar-refractivity contribution < 1.29 is 24.2 Å². The Morgan fingerprint density at radius 1 is 1.03 bits per heavy atom. The quantitative estimate of drug-likeness (QED) is 0.458. The second-order valence-electron chi connectivity index (χ2n) is 11.7. The minimum absolute atomic E-state index is 0.112. The van der Waals surface area contributed by atoms with Gasteiger partial charge in [-0.3, -0.25) is 9.59 Å². The molecule has 2 atom stereocenters. The lowest BCUT2D eigenvalue weighted by Gasteiger charge is -2.38. The Balaban J connectivity index is 3.43. The fraction of sp³-hybridized carbons (Fsp3) is 0.667. The predicted molar refractivity (Wildman–Crippen MR) is 138 cm³/mol. The SMILES string of the molecule is Cc1cc(C(C(=O)NC(C)(C)C)N(C(=O)CNC(=O)OC(C)(C)C)C(C)CCC(C)C)ccc1O. The predicted octanol–water partition coefficient (Wildman–Crippen LogP) is 4.83. The monoisotopic (exact) mass is 491 g/mol. The molecule has 3 N–H and O–H groups in total. The van der Waals surface area contributed by atoms with Gasteiger partial charge in [0.2, 0.25) is 11.8 Å². The van der Waals surface area contributed by atoms with Crippen LogP contribution < -0.4 is 10.6 Å². The Kier molecular flexibility index (Phi) is 10.6. The number of carbonyl (C=O) groups is 3. The fourth-order valence-electron chi connectivity index (χ4n) is 3.64. The molecule has 198 valence electrons. The first kappa shape index (κ1) is 30.3. The zero-order valence-electron chi connectivity index (χ0n) is 23.1. The van der Waals surface area contributed by atoms with Gasteiger partial charge < -0.3 is 25.4 Å². The zero-order chi connectivity index (χ0) is 27.1. The Morgan fingerprint density at radius 3 is 2.11 bits per heavy atom. The molecule has 0 aliphatic carbocycles. The van der Waals surface area contributed by atoms with Gasteiger partial charge in [0.25, 0.3) is 0 Å². The van der Waals surface area contributed by atoms with Gasteiger partial charge in [-0.2, -0.15) is 0 Å². The van der Waals surface area contributed by atoms with E-state index in [-0.39, 0.29) is 24.2 Å². The minimum Gasteiger partial charge on any atom is -0.508 e. The number of amides is 3. The van der Waals surface area contributed by atoms with E-state index in [9.17, 15) is 19.5 Å². The van der Waals surface area contributed by atoms with Gasteiger partial charge in [0.1, 0.15) is 23.9 Å². The van der Waals surface area contributed by atoms with Crippen molar-refractivity contribution in [2.75, 3.05) is 6.54 Å². The van der Waals surface area contributed by atoms with Gasteiger partial charge in [0.15, 0.2) is 0 Å². The van der Waals surface area contributed by atoms with E-state index < -0.39 is 29.2 Å². The van der Waals surface area contributed by atoms with Gasteiger partial charge in [-0.1, -0.05) is 19.9 Å². The zero-order valence-corrected chi connectivity index (χ0v) is 23.1. The molecule has 0 aromatic heterocycles. The van der Waals surface area contributed by atoms with Gasteiger partial charge in [0.05, 0.1) is 0 Å². The van der Waals surface area contributed by atoms with Crippen LogP contribution in [0.5, 0.6) is 5.75 Å². The van der Waals surface area contributed by atoms with Gasteiger partial charge >= 0.3 is 6.09 Å². The van der Waals surface area contributed by atoms with Gasteiger partial charge in [-0.05, 0) is 97.4 Å². The molecule has 0 spiro atoms. The highest BCUT2D eigenvalue weighted by atomic mass is 16.6. The highest BCUT2D eigenvalue weighted by Gasteiger charge is 2.36. The highest BCUT2D eigenvalue weighted by molar-refractivity contribution is 5.91. The van der Waals surface area contributed by atoms with Gasteiger partial charge in [-0.25, -0.2) is 4.79 Å². The molecule has 0 heterocycles. The molecule has 0 saturated carbocycles. The molecule has 1 aromatic rings. The summed E-state index contributed by atoms with van der Waals surface area (Å²) >= 11 is 0. The smallest absolute Gasteiger partial charge is 0.408 e. The number of carbonyl (C=O) groups excluding carboxylic acids is 3. The summed E-state index contributed by atoms with van der Waals surface area (Å²) in [5, 5.41) is 15.6. The molecule has 35 heavy (non-hydrogen) atoms. The van der Waals surface area contributed by atoms with Crippen LogP contribution in [-0.4, -0.2) is 51.6 Å². The first-order valence-corrected chi connectivity index (χ1v) is 12.3. The maximum Gasteiger partial charge on any atom is 0.408 e. The molecule has 0 radical (unpaired) electrons. The third-order valence-electron chi connectivity index (χ3n) is 5.27. The number of hydrogen-bond donors (Lipinski definition) is 3. The Bertz CT molecular complexity index is 884. The summed E-state index contributed by atoms with van der Waals surface area (Å²) in [5.74, 6) is -0.190. The van der Waals surface area contributed by atoms with E-state index in [1.165, 1.54) is 6.07 Å². The van der Waals surface area contributed by atoms with Crippen LogP contribution in [0.3, 0.4) is 0 Å². The Hall–Kier alpha value is -2.77. The van der Waals surface area contributed by atoms with Crippen LogP contribution in [0.15, 0.2) is 18.2 Å². The fourth-order valence-corrected chi connectivity index (χ4v) is 3.64. The first-order valence-electron chi connectivity index (χ1n) is 12.3. The molecule has 0 bridgehead atoms. The summed E-state index contributed by atoms with van der Waals surface area (Å²) in [4.78, 5) is 40.9. The van der Waals surface area contributed by atoms with Crippen molar-refractivity contribution in [3.05, 3.63) is 29.3 Å². The number of benzene rings is 1. The van der Waals surface area contributed by atoms with Crippen molar-refractivity contribution >= 4 is 17.9 Å². The summed E-state index contributed by atoms with van der Waals surface area (Å²) in [7, 11) is 0. The standard InChI is InChI=1S/C27H45N3O5/c1-17(2)11-12-19(4)30(22(32)16-28-25(34)35-27(8,9)10)23(24(33)29-26(5,6)7)20-13-14-21(31)18(3)15-20/h13-15,17,19,23,31H,11-12,16H2,1-10H3,(H,28,34)(H,29,33). The molecule has 8 nitrogen and oxygen atoms in total. The van der Waals surface area contributed by atoms with Crippen LogP contribution in [0.2, 0.25) is 0 Å². The van der Waals surface area contributed by atoms with Crippen molar-refractivity contribution in [1.82, 2.24) is 15.5 Å². The first-order chi connectivity index (χ1) is 15.9. The van der Waals surface area contributed by atoms with Crippen LogP contribution in [0, 0.1) is 12.8 Å². The lowest BCUT2D eigenvalue weighted by Crippen LogP contribution is -2.53. The third-order valence-corrected chi connectivity index (χ3v) is 5.27. The average Bonchev–Trinajstić information content (AvgIpc) is 2.67. The van der Waals surface area contributed by atoms with Gasteiger partial charge in [-0.15, -0.1) is 0 Å². The number of phenols is 1. The van der Waals surface area contributed by atoms with Crippen LogP contribution in [0.4, 0.5) is 4.79 Å². The lowest BCUT2D eigenvalue weighted by molar-refractivity contribution is -0.143. The minimum atomic E-state index is -0.941. The second kappa shape index (κ2) is 12.3. The van der Waals surface area contributed by atoms with Crippen LogP contribution in [0.25, 0.3) is 0 Å². The molecule has 2 unspecified atom stereocenters. The molecular weight excluding hydrogens is 446 g/mol. The van der Waals surface area contributed by atoms with E-state index in [0.29, 0.717) is 23.5 Å². The lowest BCUT2D eigenvalue weighted by atomic mass is 9.96. The number of ether oxygens (including phenoxy) is 1. The molecule has 3 amide bonds. The van der Waals surface area contributed by atoms with E-state index >= 15 is 0 Å². The van der Waals surface area contributed by atoms with Crippen LogP contribution in [0.1, 0.15) is 92.3 Å². The van der Waals surface area contributed by atoms with Crippen molar-refractivity contribution in [1.29, 1.82) is 0 Å². The van der Waals surface area contributed by atoms with Crippen molar-refractivity contribution in [2.24, 2.45) is 5.92 Å². The third kappa shape index (κ3) is 10.6. The Morgan fingerprint density at radius 2 is 1.63 bits per heavy atom. The number of nitrogens with zero attached hydrogens (tertiary/aromatic N) is 1. The van der Waals surface area contributed by atoms with Crippen molar-refractivity contribution in [3.8, 4) is 5.75 Å². The number of alkyl carbamates (subject to hydrolysis) is 1. The molecule has 1 rings (SSSR count). The topological polar surface area (TPSA) is 108 Å². The van der Waals surface area contributed by atoms with Crippen molar-refractivity contribution in [3.63, 3.8) is 0 Å². The van der Waals surface area contributed by atoms with Crippen molar-refractivity contribution in [2.45, 2.75) is 105 Å². The van der Waals surface area contributed by atoms with E-state index in [0.717, 1.165) is 6.42 Å². The Labute approximate surface area is 210 Å². The number of phenolic OH excluding ortho intramolecular Hbond substituents is 1. The molecular formula is C27H45N3O5. The largest absolute Gasteiger partial charge is 0.508 e. The molecule has 0 saturated heterocycles. The summed E-state index contributed by atoms with van der Waals surface area (Å²) in [6, 6.07) is 3.69. The van der Waals surface area contributed by atoms with E-state index in [4.69, 9.17) is 4.74 Å².